The van der Waals surface area contributed by atoms with Crippen molar-refractivity contribution in [3.8, 4) is 0 Å². The average Bonchev–Trinajstić information content (AvgIpc) is 3.76. The Morgan fingerprint density at radius 2 is 1.78 bits per heavy atom. The average molecular weight is 615 g/mol. The van der Waals surface area contributed by atoms with Crippen LogP contribution in [-0.4, -0.2) is 52.9 Å². The van der Waals surface area contributed by atoms with Crippen LogP contribution in [0, 0.1) is 5.92 Å². The van der Waals surface area contributed by atoms with Gasteiger partial charge in [0.2, 0.25) is 5.91 Å². The predicted molar refractivity (Wildman–Crippen MR) is 185 cm³/mol. The summed E-state index contributed by atoms with van der Waals surface area (Å²) < 4.78 is 0. The maximum atomic E-state index is 12.9. The standard InChI is InChI=1S/C38H42N6O2/c45-37(41-20-6-5-19-40-36-31-7-1-3-9-34(31)43-35-10-4-2-8-32(35)36)29-18-22-44(25-29)24-26-11-13-27(14-12-26)38(46)42-30-15-16-33-28(23-30)17-21-39-33/h1,3,7,9,11-17,21,23,29,39H,2,4-6,8,10,18-20,22,24-25H2,(H,40,43)(H,41,45)(H,42,46)/t29-/m0/s1. The quantitative estimate of drug-likeness (QED) is 0.124. The fourth-order valence-corrected chi connectivity index (χ4v) is 6.94. The SMILES string of the molecule is O=C(Nc1ccc2[nH]ccc2c1)c1ccc(CN2CC[C@H](C(=O)NCCCCNc3c4c(nc5ccccc35)CCCC4)C2)cc1. The molecule has 7 rings (SSSR count). The van der Waals surface area contributed by atoms with E-state index in [4.69, 9.17) is 4.98 Å². The molecule has 2 aliphatic rings. The first-order valence-corrected chi connectivity index (χ1v) is 16.7. The molecule has 0 bridgehead atoms. The van der Waals surface area contributed by atoms with Gasteiger partial charge in [0.25, 0.3) is 5.91 Å². The third kappa shape index (κ3) is 6.77. The number of nitrogens with one attached hydrogen (secondary N) is 4. The van der Waals surface area contributed by atoms with E-state index < -0.39 is 0 Å². The van der Waals surface area contributed by atoms with Crippen molar-refractivity contribution in [1.82, 2.24) is 20.2 Å². The monoisotopic (exact) mass is 614 g/mol. The number of nitrogens with zero attached hydrogens (tertiary/aromatic N) is 2. The molecule has 0 radical (unpaired) electrons. The summed E-state index contributed by atoms with van der Waals surface area (Å²) in [5, 5.41) is 12.2. The molecule has 0 saturated carbocycles. The number of para-hydroxylation sites is 1. The highest BCUT2D eigenvalue weighted by Crippen LogP contribution is 2.33. The number of aromatic nitrogens is 2. The number of hydrogen-bond acceptors (Lipinski definition) is 5. The molecule has 1 saturated heterocycles. The van der Waals surface area contributed by atoms with Crippen molar-refractivity contribution in [3.05, 3.63) is 101 Å². The number of H-pyrrole nitrogens is 1. The third-order valence-electron chi connectivity index (χ3n) is 9.45. The third-order valence-corrected chi connectivity index (χ3v) is 9.45. The van der Waals surface area contributed by atoms with Gasteiger partial charge in [0.05, 0.1) is 11.4 Å². The number of benzene rings is 3. The van der Waals surface area contributed by atoms with Crippen LogP contribution >= 0.6 is 0 Å². The molecule has 2 amide bonds. The van der Waals surface area contributed by atoms with E-state index in [1.54, 1.807) is 0 Å². The van der Waals surface area contributed by atoms with Crippen molar-refractivity contribution >= 4 is 45.0 Å². The van der Waals surface area contributed by atoms with Crippen molar-refractivity contribution in [2.45, 2.75) is 51.5 Å². The molecule has 3 aromatic carbocycles. The maximum Gasteiger partial charge on any atom is 0.255 e. The van der Waals surface area contributed by atoms with E-state index in [-0.39, 0.29) is 17.7 Å². The van der Waals surface area contributed by atoms with Gasteiger partial charge in [-0.15, -0.1) is 0 Å². The lowest BCUT2D eigenvalue weighted by atomic mass is 9.92. The van der Waals surface area contributed by atoms with E-state index in [2.05, 4.69) is 50.1 Å². The number of aryl methyl sites for hydroxylation is 1. The van der Waals surface area contributed by atoms with Gasteiger partial charge in [-0.25, -0.2) is 0 Å². The number of rotatable bonds is 11. The van der Waals surface area contributed by atoms with E-state index in [0.717, 1.165) is 86.0 Å². The van der Waals surface area contributed by atoms with E-state index in [0.29, 0.717) is 12.1 Å². The Kier molecular flexibility index (Phi) is 8.96. The topological polar surface area (TPSA) is 102 Å². The second-order valence-electron chi connectivity index (χ2n) is 12.7. The maximum absolute atomic E-state index is 12.9. The Bertz CT molecular complexity index is 1850. The predicted octanol–water partition coefficient (Wildman–Crippen LogP) is 6.68. The van der Waals surface area contributed by atoms with Gasteiger partial charge in [0.15, 0.2) is 0 Å². The molecule has 8 heteroatoms. The molecule has 1 fully saturated rings. The summed E-state index contributed by atoms with van der Waals surface area (Å²) in [6.45, 7) is 4.02. The number of amides is 2. The second kappa shape index (κ2) is 13.7. The molecule has 0 unspecified atom stereocenters. The van der Waals surface area contributed by atoms with Crippen molar-refractivity contribution < 1.29 is 9.59 Å². The van der Waals surface area contributed by atoms with Crippen LogP contribution in [0.3, 0.4) is 0 Å². The highest BCUT2D eigenvalue weighted by Gasteiger charge is 2.28. The number of pyridine rings is 1. The van der Waals surface area contributed by atoms with Crippen LogP contribution in [0.15, 0.2) is 79.0 Å². The zero-order valence-corrected chi connectivity index (χ0v) is 26.3. The Balaban J connectivity index is 0.829. The number of fused-ring (bicyclic) bond motifs is 3. The first-order valence-electron chi connectivity index (χ1n) is 16.7. The zero-order chi connectivity index (χ0) is 31.3. The van der Waals surface area contributed by atoms with E-state index in [9.17, 15) is 9.59 Å². The Morgan fingerprint density at radius 1 is 0.935 bits per heavy atom. The fourth-order valence-electron chi connectivity index (χ4n) is 6.94. The minimum Gasteiger partial charge on any atom is -0.384 e. The second-order valence-corrected chi connectivity index (χ2v) is 12.7. The Labute approximate surface area is 270 Å². The van der Waals surface area contributed by atoms with Gasteiger partial charge in [-0.3, -0.25) is 19.5 Å². The van der Waals surface area contributed by atoms with E-state index in [1.807, 2.05) is 54.7 Å². The molecule has 1 aliphatic heterocycles. The number of carbonyl (C=O) groups is 2. The Morgan fingerprint density at radius 3 is 2.70 bits per heavy atom. The molecule has 1 aliphatic carbocycles. The van der Waals surface area contributed by atoms with Crippen LogP contribution in [0.5, 0.6) is 0 Å². The molecule has 1 atom stereocenters. The summed E-state index contributed by atoms with van der Waals surface area (Å²) in [4.78, 5) is 36.2. The fraction of sp³-hybridized carbons (Fsp3) is 0.342. The summed E-state index contributed by atoms with van der Waals surface area (Å²) in [6.07, 6.45) is 9.32. The number of likely N-dealkylation sites (tertiary alicyclic amines) is 1. The molecule has 236 valence electrons. The normalized spacial score (nSPS) is 16.4. The van der Waals surface area contributed by atoms with Crippen LogP contribution in [0.2, 0.25) is 0 Å². The van der Waals surface area contributed by atoms with Gasteiger partial charge in [-0.2, -0.15) is 0 Å². The van der Waals surface area contributed by atoms with Crippen molar-refractivity contribution in [1.29, 1.82) is 0 Å². The number of carbonyl (C=O) groups excluding carboxylic acids is 2. The molecule has 46 heavy (non-hydrogen) atoms. The van der Waals surface area contributed by atoms with Crippen molar-refractivity contribution in [2.75, 3.05) is 36.8 Å². The molecule has 8 nitrogen and oxygen atoms in total. The van der Waals surface area contributed by atoms with Gasteiger partial charge in [0, 0.05) is 71.3 Å². The van der Waals surface area contributed by atoms with Crippen LogP contribution in [0.25, 0.3) is 21.8 Å². The van der Waals surface area contributed by atoms with Gasteiger partial charge in [-0.05, 0) is 105 Å². The molecule has 4 N–H and O–H groups in total. The van der Waals surface area contributed by atoms with Gasteiger partial charge in [-0.1, -0.05) is 30.3 Å². The smallest absolute Gasteiger partial charge is 0.255 e. The summed E-state index contributed by atoms with van der Waals surface area (Å²) >= 11 is 0. The Hall–Kier alpha value is -4.69. The molecule has 5 aromatic rings. The summed E-state index contributed by atoms with van der Waals surface area (Å²) in [7, 11) is 0. The summed E-state index contributed by atoms with van der Waals surface area (Å²) in [5.74, 6) is 0.0599. The molecular weight excluding hydrogens is 572 g/mol. The van der Waals surface area contributed by atoms with Gasteiger partial charge < -0.3 is 20.9 Å². The molecule has 3 heterocycles. The summed E-state index contributed by atoms with van der Waals surface area (Å²) in [6, 6.07) is 24.0. The first kappa shape index (κ1) is 30.0. The molecule has 2 aromatic heterocycles. The molecular formula is C38H42N6O2. The largest absolute Gasteiger partial charge is 0.384 e. The number of unbranched alkanes of at least 4 members (excludes halogenated alkanes) is 1. The lowest BCUT2D eigenvalue weighted by Crippen LogP contribution is -2.33. The minimum atomic E-state index is -0.125. The van der Waals surface area contributed by atoms with Crippen molar-refractivity contribution in [2.24, 2.45) is 5.92 Å². The highest BCUT2D eigenvalue weighted by atomic mass is 16.2. The van der Waals surface area contributed by atoms with Crippen LogP contribution in [0.1, 0.15) is 59.3 Å². The van der Waals surface area contributed by atoms with Crippen LogP contribution in [0.4, 0.5) is 11.4 Å². The van der Waals surface area contributed by atoms with Crippen LogP contribution < -0.4 is 16.0 Å². The van der Waals surface area contributed by atoms with E-state index >= 15 is 0 Å². The van der Waals surface area contributed by atoms with Gasteiger partial charge >= 0.3 is 0 Å². The van der Waals surface area contributed by atoms with Crippen molar-refractivity contribution in [3.63, 3.8) is 0 Å². The summed E-state index contributed by atoms with van der Waals surface area (Å²) in [5.41, 5.74) is 8.57. The zero-order valence-electron chi connectivity index (χ0n) is 26.3. The number of aromatic amines is 1. The van der Waals surface area contributed by atoms with E-state index in [1.165, 1.54) is 35.2 Å². The van der Waals surface area contributed by atoms with Gasteiger partial charge in [0.1, 0.15) is 0 Å². The molecule has 0 spiro atoms. The number of anilines is 2. The number of hydrogen-bond donors (Lipinski definition) is 4. The minimum absolute atomic E-state index is 0.0234. The lowest BCUT2D eigenvalue weighted by Gasteiger charge is -2.21. The van der Waals surface area contributed by atoms with Crippen LogP contribution in [-0.2, 0) is 24.2 Å². The first-order chi connectivity index (χ1) is 22.6. The highest BCUT2D eigenvalue weighted by molar-refractivity contribution is 6.05. The lowest BCUT2D eigenvalue weighted by molar-refractivity contribution is -0.124.